The molecule has 1 aromatic rings. The van der Waals surface area contributed by atoms with Crippen molar-refractivity contribution in [2.75, 3.05) is 19.5 Å². The molecule has 17 heavy (non-hydrogen) atoms. The zero-order valence-corrected chi connectivity index (χ0v) is 10.7. The van der Waals surface area contributed by atoms with Crippen molar-refractivity contribution in [3.05, 3.63) is 23.3 Å². The van der Waals surface area contributed by atoms with Crippen molar-refractivity contribution in [3.8, 4) is 5.75 Å². The summed E-state index contributed by atoms with van der Waals surface area (Å²) in [7, 11) is 1.59. The molecule has 0 aliphatic rings. The maximum atomic E-state index is 11.7. The van der Waals surface area contributed by atoms with Gasteiger partial charge in [0.1, 0.15) is 5.75 Å². The SMILES string of the molecule is CCOC(=O)c1cc(C(C)C)c(OC)cc1N. The molecule has 0 saturated carbocycles. The number of esters is 1. The Morgan fingerprint density at radius 1 is 1.41 bits per heavy atom. The molecule has 4 nitrogen and oxygen atoms in total. The molecular formula is C13H19NO3. The first-order valence-electron chi connectivity index (χ1n) is 5.65. The fourth-order valence-electron chi connectivity index (χ4n) is 1.63. The Morgan fingerprint density at radius 2 is 2.06 bits per heavy atom. The number of nitrogen functional groups attached to an aromatic ring is 1. The van der Waals surface area contributed by atoms with Gasteiger partial charge in [-0.3, -0.25) is 0 Å². The van der Waals surface area contributed by atoms with Gasteiger partial charge in [0, 0.05) is 11.8 Å². The summed E-state index contributed by atoms with van der Waals surface area (Å²) in [6, 6.07) is 3.42. The van der Waals surface area contributed by atoms with E-state index in [1.165, 1.54) is 0 Å². The van der Waals surface area contributed by atoms with Crippen LogP contribution in [-0.4, -0.2) is 19.7 Å². The number of hydrogen-bond acceptors (Lipinski definition) is 4. The monoisotopic (exact) mass is 237 g/mol. The number of carbonyl (C=O) groups is 1. The Kier molecular flexibility index (Phi) is 4.37. The highest BCUT2D eigenvalue weighted by Gasteiger charge is 2.16. The summed E-state index contributed by atoms with van der Waals surface area (Å²) in [6.07, 6.45) is 0. The van der Waals surface area contributed by atoms with Crippen LogP contribution in [0.3, 0.4) is 0 Å². The number of methoxy groups -OCH3 is 1. The fourth-order valence-corrected chi connectivity index (χ4v) is 1.63. The van der Waals surface area contributed by atoms with Crippen molar-refractivity contribution in [1.82, 2.24) is 0 Å². The second kappa shape index (κ2) is 5.57. The highest BCUT2D eigenvalue weighted by Crippen LogP contribution is 2.31. The molecule has 0 aliphatic heterocycles. The van der Waals surface area contributed by atoms with Gasteiger partial charge < -0.3 is 15.2 Å². The molecule has 0 fully saturated rings. The number of hydrogen-bond donors (Lipinski definition) is 1. The molecule has 0 unspecified atom stereocenters. The first-order chi connectivity index (χ1) is 8.01. The third-order valence-electron chi connectivity index (χ3n) is 2.52. The summed E-state index contributed by atoms with van der Waals surface area (Å²) in [4.78, 5) is 11.7. The highest BCUT2D eigenvalue weighted by molar-refractivity contribution is 5.95. The van der Waals surface area contributed by atoms with E-state index in [4.69, 9.17) is 15.2 Å². The molecule has 1 aromatic carbocycles. The Morgan fingerprint density at radius 3 is 2.53 bits per heavy atom. The average molecular weight is 237 g/mol. The lowest BCUT2D eigenvalue weighted by molar-refractivity contribution is 0.0527. The zero-order valence-electron chi connectivity index (χ0n) is 10.7. The summed E-state index contributed by atoms with van der Waals surface area (Å²) in [5.41, 5.74) is 7.54. The zero-order chi connectivity index (χ0) is 13.0. The third kappa shape index (κ3) is 2.90. The minimum Gasteiger partial charge on any atom is -0.496 e. The third-order valence-corrected chi connectivity index (χ3v) is 2.52. The van der Waals surface area contributed by atoms with Crippen LogP contribution in [0, 0.1) is 0 Å². The Bertz CT molecular complexity index is 413. The number of ether oxygens (including phenoxy) is 2. The Labute approximate surface area is 102 Å². The number of rotatable bonds is 4. The van der Waals surface area contributed by atoms with Gasteiger partial charge in [-0.2, -0.15) is 0 Å². The maximum Gasteiger partial charge on any atom is 0.340 e. The van der Waals surface area contributed by atoms with E-state index in [0.29, 0.717) is 23.6 Å². The van der Waals surface area contributed by atoms with Crippen LogP contribution in [0.1, 0.15) is 42.6 Å². The molecule has 0 spiro atoms. The lowest BCUT2D eigenvalue weighted by Gasteiger charge is -2.15. The topological polar surface area (TPSA) is 61.5 Å². The standard InChI is InChI=1S/C13H19NO3/c1-5-17-13(15)10-6-9(8(2)3)12(16-4)7-11(10)14/h6-8H,5,14H2,1-4H3. The number of benzene rings is 1. The van der Waals surface area contributed by atoms with Gasteiger partial charge in [-0.05, 0) is 24.5 Å². The van der Waals surface area contributed by atoms with Crippen LogP contribution in [0.4, 0.5) is 5.69 Å². The molecule has 0 atom stereocenters. The number of anilines is 1. The molecule has 0 aliphatic carbocycles. The molecule has 0 radical (unpaired) electrons. The van der Waals surface area contributed by atoms with Gasteiger partial charge >= 0.3 is 5.97 Å². The molecule has 4 heteroatoms. The maximum absolute atomic E-state index is 11.7. The predicted octanol–water partition coefficient (Wildman–Crippen LogP) is 2.58. The van der Waals surface area contributed by atoms with E-state index < -0.39 is 5.97 Å². The van der Waals surface area contributed by atoms with Gasteiger partial charge in [0.2, 0.25) is 0 Å². The largest absolute Gasteiger partial charge is 0.496 e. The molecule has 0 amide bonds. The summed E-state index contributed by atoms with van der Waals surface area (Å²) in [6.45, 7) is 6.16. The predicted molar refractivity (Wildman–Crippen MR) is 67.5 cm³/mol. The average Bonchev–Trinajstić information content (AvgIpc) is 2.28. The van der Waals surface area contributed by atoms with Crippen molar-refractivity contribution < 1.29 is 14.3 Å². The lowest BCUT2D eigenvalue weighted by Crippen LogP contribution is -2.10. The smallest absolute Gasteiger partial charge is 0.340 e. The first kappa shape index (κ1) is 13.4. The van der Waals surface area contributed by atoms with Crippen molar-refractivity contribution in [2.45, 2.75) is 26.7 Å². The first-order valence-corrected chi connectivity index (χ1v) is 5.65. The molecule has 0 aromatic heterocycles. The van der Waals surface area contributed by atoms with Crippen molar-refractivity contribution >= 4 is 11.7 Å². The van der Waals surface area contributed by atoms with E-state index in [1.807, 2.05) is 13.8 Å². The molecular weight excluding hydrogens is 218 g/mol. The van der Waals surface area contributed by atoms with E-state index >= 15 is 0 Å². The van der Waals surface area contributed by atoms with E-state index in [2.05, 4.69) is 0 Å². The van der Waals surface area contributed by atoms with Crippen LogP contribution in [0.2, 0.25) is 0 Å². The second-order valence-corrected chi connectivity index (χ2v) is 4.06. The number of nitrogens with two attached hydrogens (primary N) is 1. The van der Waals surface area contributed by atoms with E-state index in [1.54, 1.807) is 26.2 Å². The molecule has 1 rings (SSSR count). The summed E-state index contributed by atoms with van der Waals surface area (Å²) < 4.78 is 10.2. The molecule has 0 saturated heterocycles. The van der Waals surface area contributed by atoms with Crippen LogP contribution in [0.5, 0.6) is 5.75 Å². The van der Waals surface area contributed by atoms with Crippen LogP contribution in [0.15, 0.2) is 12.1 Å². The highest BCUT2D eigenvalue weighted by atomic mass is 16.5. The quantitative estimate of drug-likeness (QED) is 0.645. The van der Waals surface area contributed by atoms with Crippen molar-refractivity contribution in [3.63, 3.8) is 0 Å². The minimum absolute atomic E-state index is 0.249. The van der Waals surface area contributed by atoms with E-state index in [-0.39, 0.29) is 5.92 Å². The Hall–Kier alpha value is -1.71. The summed E-state index contributed by atoms with van der Waals surface area (Å²) in [5, 5.41) is 0. The van der Waals surface area contributed by atoms with Crippen molar-refractivity contribution in [1.29, 1.82) is 0 Å². The van der Waals surface area contributed by atoms with Crippen LogP contribution >= 0.6 is 0 Å². The molecule has 94 valence electrons. The minimum atomic E-state index is -0.394. The van der Waals surface area contributed by atoms with E-state index in [9.17, 15) is 4.79 Å². The molecule has 0 heterocycles. The van der Waals surface area contributed by atoms with Gasteiger partial charge in [-0.25, -0.2) is 4.79 Å². The van der Waals surface area contributed by atoms with Crippen LogP contribution < -0.4 is 10.5 Å². The fraction of sp³-hybridized carbons (Fsp3) is 0.462. The second-order valence-electron chi connectivity index (χ2n) is 4.06. The van der Waals surface area contributed by atoms with Gasteiger partial charge in [0.15, 0.2) is 0 Å². The van der Waals surface area contributed by atoms with Gasteiger partial charge in [-0.15, -0.1) is 0 Å². The Balaban J connectivity index is 3.24. The summed E-state index contributed by atoms with van der Waals surface area (Å²) >= 11 is 0. The van der Waals surface area contributed by atoms with Gasteiger partial charge in [-0.1, -0.05) is 13.8 Å². The van der Waals surface area contributed by atoms with Crippen LogP contribution in [0.25, 0.3) is 0 Å². The van der Waals surface area contributed by atoms with Crippen LogP contribution in [-0.2, 0) is 4.74 Å². The van der Waals surface area contributed by atoms with Crippen molar-refractivity contribution in [2.24, 2.45) is 0 Å². The lowest BCUT2D eigenvalue weighted by atomic mass is 9.98. The normalized spacial score (nSPS) is 10.4. The van der Waals surface area contributed by atoms with Gasteiger partial charge in [0.05, 0.1) is 19.3 Å². The summed E-state index contributed by atoms with van der Waals surface area (Å²) in [5.74, 6) is 0.554. The van der Waals surface area contributed by atoms with E-state index in [0.717, 1.165) is 5.56 Å². The van der Waals surface area contributed by atoms with Gasteiger partial charge in [0.25, 0.3) is 0 Å². The molecule has 0 bridgehead atoms. The molecule has 2 N–H and O–H groups in total. The number of carbonyl (C=O) groups excluding carboxylic acids is 1.